The lowest BCUT2D eigenvalue weighted by molar-refractivity contribution is -0.118. The van der Waals surface area contributed by atoms with Crippen molar-refractivity contribution in [3.8, 4) is 5.75 Å². The van der Waals surface area contributed by atoms with Gasteiger partial charge in [-0.05, 0) is 70.5 Å². The molecule has 0 bridgehead atoms. The first kappa shape index (κ1) is 31.8. The molecular weight excluding hydrogens is 538 g/mol. The van der Waals surface area contributed by atoms with E-state index < -0.39 is 29.6 Å². The molecule has 222 valence electrons. The Labute approximate surface area is 245 Å². The van der Waals surface area contributed by atoms with Crippen molar-refractivity contribution in [3.05, 3.63) is 84.1 Å². The highest BCUT2D eigenvalue weighted by Gasteiger charge is 2.23. The lowest BCUT2D eigenvalue weighted by Crippen LogP contribution is -2.45. The molecule has 0 fully saturated rings. The monoisotopic (exact) mass is 575 g/mol. The number of carbonyl (C=O) groups excluding carboxylic acids is 4. The van der Waals surface area contributed by atoms with Crippen molar-refractivity contribution in [3.63, 3.8) is 0 Å². The first-order valence-corrected chi connectivity index (χ1v) is 13.6. The second-order valence-corrected chi connectivity index (χ2v) is 10.2. The number of pyridine rings is 1. The van der Waals surface area contributed by atoms with Crippen LogP contribution < -0.4 is 26.0 Å². The summed E-state index contributed by atoms with van der Waals surface area (Å²) in [5.41, 5.74) is 0.499. The largest absolute Gasteiger partial charge is 0.494 e. The van der Waals surface area contributed by atoms with Crippen molar-refractivity contribution in [1.82, 2.24) is 15.6 Å². The van der Waals surface area contributed by atoms with Crippen molar-refractivity contribution < 1.29 is 28.7 Å². The fourth-order valence-electron chi connectivity index (χ4n) is 3.79. The van der Waals surface area contributed by atoms with Gasteiger partial charge < -0.3 is 25.4 Å². The van der Waals surface area contributed by atoms with Crippen LogP contribution in [0.4, 0.5) is 16.3 Å². The predicted octanol–water partition coefficient (Wildman–Crippen LogP) is 4.43. The Morgan fingerprint density at radius 1 is 0.905 bits per heavy atom. The molecule has 0 radical (unpaired) electrons. The fourth-order valence-corrected chi connectivity index (χ4v) is 3.79. The van der Waals surface area contributed by atoms with E-state index >= 15 is 0 Å². The van der Waals surface area contributed by atoms with Crippen molar-refractivity contribution in [2.45, 2.75) is 45.8 Å². The number of Topliss-reactive ketones (excluding diaryl/α,β-unsaturated/α-hetero) is 1. The molecule has 1 heterocycles. The van der Waals surface area contributed by atoms with Crippen LogP contribution in [0.1, 0.15) is 54.8 Å². The van der Waals surface area contributed by atoms with Gasteiger partial charge in [0.05, 0.1) is 24.8 Å². The number of aromatic nitrogens is 1. The SMILES string of the molecule is CCOc1ccc(NC(=O)c2cccnc2NC(=O)[C@@H](CCNC(=O)OC(C)(C)C)NCC(=O)c2ccccc2)cc1. The van der Waals surface area contributed by atoms with E-state index in [2.05, 4.69) is 26.3 Å². The number of rotatable bonds is 13. The molecule has 0 saturated carbocycles. The van der Waals surface area contributed by atoms with Crippen LogP contribution in [0.15, 0.2) is 72.9 Å². The molecule has 42 heavy (non-hydrogen) atoms. The van der Waals surface area contributed by atoms with Crippen LogP contribution in [0.25, 0.3) is 0 Å². The van der Waals surface area contributed by atoms with Crippen LogP contribution in [0.3, 0.4) is 0 Å². The smallest absolute Gasteiger partial charge is 0.407 e. The lowest BCUT2D eigenvalue weighted by atomic mass is 10.1. The van der Waals surface area contributed by atoms with E-state index in [4.69, 9.17) is 9.47 Å². The molecule has 0 aliphatic heterocycles. The minimum atomic E-state index is -0.906. The van der Waals surface area contributed by atoms with Gasteiger partial charge in [0.15, 0.2) is 5.78 Å². The van der Waals surface area contributed by atoms with Crippen molar-refractivity contribution in [1.29, 1.82) is 0 Å². The van der Waals surface area contributed by atoms with Gasteiger partial charge in [0.25, 0.3) is 5.91 Å². The number of ether oxygens (including phenoxy) is 2. The zero-order valence-corrected chi connectivity index (χ0v) is 24.2. The summed E-state index contributed by atoms with van der Waals surface area (Å²) in [5.74, 6) is -0.488. The van der Waals surface area contributed by atoms with E-state index in [0.29, 0.717) is 23.6 Å². The van der Waals surface area contributed by atoms with Gasteiger partial charge in [0, 0.05) is 24.0 Å². The fraction of sp³-hybridized carbons (Fsp3) is 0.323. The highest BCUT2D eigenvalue weighted by molar-refractivity contribution is 6.09. The summed E-state index contributed by atoms with van der Waals surface area (Å²) >= 11 is 0. The van der Waals surface area contributed by atoms with Gasteiger partial charge in [0.2, 0.25) is 5.91 Å². The Morgan fingerprint density at radius 2 is 1.62 bits per heavy atom. The Kier molecular flexibility index (Phi) is 11.6. The number of alkyl carbamates (subject to hydrolysis) is 1. The van der Waals surface area contributed by atoms with E-state index in [1.54, 1.807) is 81.4 Å². The molecular formula is C31H37N5O6. The Morgan fingerprint density at radius 3 is 2.29 bits per heavy atom. The summed E-state index contributed by atoms with van der Waals surface area (Å²) in [4.78, 5) is 55.4. The van der Waals surface area contributed by atoms with Gasteiger partial charge in [-0.15, -0.1) is 0 Å². The summed E-state index contributed by atoms with van der Waals surface area (Å²) < 4.78 is 10.7. The van der Waals surface area contributed by atoms with E-state index in [1.165, 1.54) is 12.3 Å². The third kappa shape index (κ3) is 10.3. The summed E-state index contributed by atoms with van der Waals surface area (Å²) in [6.45, 7) is 7.61. The standard InChI is InChI=1S/C31H37N5O6/c1-5-41-23-15-13-22(14-16-23)35-28(38)24-12-9-18-32-27(24)36-29(39)25(17-19-33-30(40)42-31(2,3)4)34-20-26(37)21-10-7-6-8-11-21/h6-16,18,25,34H,5,17,19-20H2,1-4H3,(H,33,40)(H,35,38)(H,32,36,39)/t25-/m1/s1. The number of carbonyl (C=O) groups is 4. The van der Waals surface area contributed by atoms with Crippen LogP contribution in [-0.2, 0) is 9.53 Å². The van der Waals surface area contributed by atoms with Gasteiger partial charge in [-0.25, -0.2) is 9.78 Å². The maximum absolute atomic E-state index is 13.4. The number of hydrogen-bond donors (Lipinski definition) is 4. The zero-order chi connectivity index (χ0) is 30.5. The molecule has 0 saturated heterocycles. The number of ketones is 1. The summed E-state index contributed by atoms with van der Waals surface area (Å²) in [6.07, 6.45) is 0.961. The molecule has 0 unspecified atom stereocenters. The summed E-state index contributed by atoms with van der Waals surface area (Å²) in [5, 5.41) is 11.1. The van der Waals surface area contributed by atoms with E-state index in [9.17, 15) is 19.2 Å². The topological polar surface area (TPSA) is 148 Å². The number of nitrogens with one attached hydrogen (secondary N) is 4. The van der Waals surface area contributed by atoms with Crippen LogP contribution >= 0.6 is 0 Å². The summed E-state index contributed by atoms with van der Waals surface area (Å²) in [6, 6.07) is 17.8. The van der Waals surface area contributed by atoms with Gasteiger partial charge in [-0.2, -0.15) is 0 Å². The minimum Gasteiger partial charge on any atom is -0.494 e. The first-order chi connectivity index (χ1) is 20.1. The molecule has 1 aromatic heterocycles. The highest BCUT2D eigenvalue weighted by Crippen LogP contribution is 2.19. The third-order valence-corrected chi connectivity index (χ3v) is 5.74. The molecule has 4 N–H and O–H groups in total. The number of anilines is 2. The average Bonchev–Trinajstić information content (AvgIpc) is 2.95. The van der Waals surface area contributed by atoms with E-state index in [-0.39, 0.29) is 36.7 Å². The molecule has 11 nitrogen and oxygen atoms in total. The first-order valence-electron chi connectivity index (χ1n) is 13.6. The predicted molar refractivity (Wildman–Crippen MR) is 160 cm³/mol. The Hall–Kier alpha value is -4.77. The lowest BCUT2D eigenvalue weighted by Gasteiger charge is -2.21. The van der Waals surface area contributed by atoms with E-state index in [1.807, 2.05) is 6.92 Å². The van der Waals surface area contributed by atoms with Crippen LogP contribution in [0, 0.1) is 0 Å². The number of benzene rings is 2. The number of nitrogens with zero attached hydrogens (tertiary/aromatic N) is 1. The zero-order valence-electron chi connectivity index (χ0n) is 24.2. The molecule has 1 atom stereocenters. The van der Waals surface area contributed by atoms with Crippen LogP contribution in [0.2, 0.25) is 0 Å². The van der Waals surface area contributed by atoms with Crippen LogP contribution in [0.5, 0.6) is 5.75 Å². The Balaban J connectivity index is 1.70. The summed E-state index contributed by atoms with van der Waals surface area (Å²) in [7, 11) is 0. The van der Waals surface area contributed by atoms with Crippen molar-refractivity contribution in [2.75, 3.05) is 30.3 Å². The maximum atomic E-state index is 13.4. The molecule has 11 heteroatoms. The van der Waals surface area contributed by atoms with Crippen LogP contribution in [-0.4, -0.2) is 60.0 Å². The Bertz CT molecular complexity index is 1360. The normalized spacial score (nSPS) is 11.6. The molecule has 0 spiro atoms. The number of amides is 3. The quantitative estimate of drug-likeness (QED) is 0.219. The minimum absolute atomic E-state index is 0.0484. The molecule has 2 aromatic carbocycles. The number of hydrogen-bond acceptors (Lipinski definition) is 8. The highest BCUT2D eigenvalue weighted by atomic mass is 16.6. The van der Waals surface area contributed by atoms with E-state index in [0.717, 1.165) is 0 Å². The molecule has 3 aromatic rings. The third-order valence-electron chi connectivity index (χ3n) is 5.74. The molecule has 3 rings (SSSR count). The second-order valence-electron chi connectivity index (χ2n) is 10.2. The maximum Gasteiger partial charge on any atom is 0.407 e. The molecule has 0 aliphatic carbocycles. The van der Waals surface area contributed by atoms with Crippen molar-refractivity contribution in [2.24, 2.45) is 0 Å². The molecule has 0 aliphatic rings. The second kappa shape index (κ2) is 15.3. The van der Waals surface area contributed by atoms with Gasteiger partial charge in [-0.3, -0.25) is 19.7 Å². The van der Waals surface area contributed by atoms with Gasteiger partial charge >= 0.3 is 6.09 Å². The molecule has 3 amide bonds. The van der Waals surface area contributed by atoms with Gasteiger partial charge in [-0.1, -0.05) is 30.3 Å². The van der Waals surface area contributed by atoms with Crippen molar-refractivity contribution >= 4 is 35.2 Å². The van der Waals surface area contributed by atoms with Gasteiger partial charge in [0.1, 0.15) is 17.2 Å². The average molecular weight is 576 g/mol.